The monoisotopic (exact) mass is 389 g/mol. The fourth-order valence-corrected chi connectivity index (χ4v) is 4.09. The first-order valence-corrected chi connectivity index (χ1v) is 10.7. The number of aromatic nitrogens is 1. The number of carbonyl (C=O) groups is 1. The van der Waals surface area contributed by atoms with Crippen molar-refractivity contribution in [3.05, 3.63) is 27.7 Å². The lowest BCUT2D eigenvalue weighted by atomic mass is 10.1. The molecular formula is C21H31N3O4. The lowest BCUT2D eigenvalue weighted by Crippen LogP contribution is -2.49. The third-order valence-electron chi connectivity index (χ3n) is 5.91. The van der Waals surface area contributed by atoms with Crippen molar-refractivity contribution < 1.29 is 14.3 Å². The molecule has 154 valence electrons. The Hall–Kier alpha value is -1.86. The summed E-state index contributed by atoms with van der Waals surface area (Å²) in [6.45, 7) is 8.59. The molecule has 3 heterocycles. The maximum atomic E-state index is 13.5. The molecule has 0 spiro atoms. The van der Waals surface area contributed by atoms with Gasteiger partial charge in [0.2, 0.25) is 0 Å². The van der Waals surface area contributed by atoms with Gasteiger partial charge in [0.15, 0.2) is 0 Å². The van der Waals surface area contributed by atoms with Crippen LogP contribution in [0, 0.1) is 5.92 Å². The van der Waals surface area contributed by atoms with E-state index < -0.39 is 0 Å². The summed E-state index contributed by atoms with van der Waals surface area (Å²) in [6, 6.07) is 1.51. The second kappa shape index (κ2) is 8.66. The Morgan fingerprint density at radius 3 is 2.68 bits per heavy atom. The Labute approximate surface area is 166 Å². The van der Waals surface area contributed by atoms with E-state index in [0.29, 0.717) is 50.0 Å². The minimum absolute atomic E-state index is 0.00686. The van der Waals surface area contributed by atoms with Crippen LogP contribution in [-0.2, 0) is 17.7 Å². The average Bonchev–Trinajstić information content (AvgIpc) is 3.54. The molecule has 1 aromatic rings. The van der Waals surface area contributed by atoms with E-state index in [2.05, 4.69) is 11.8 Å². The highest BCUT2D eigenvalue weighted by atomic mass is 16.5. The zero-order valence-electron chi connectivity index (χ0n) is 16.8. The van der Waals surface area contributed by atoms with Crippen molar-refractivity contribution in [1.29, 1.82) is 0 Å². The van der Waals surface area contributed by atoms with Crippen molar-refractivity contribution in [1.82, 2.24) is 14.4 Å². The normalized spacial score (nSPS) is 20.5. The van der Waals surface area contributed by atoms with Crippen LogP contribution in [0.3, 0.4) is 0 Å². The van der Waals surface area contributed by atoms with Gasteiger partial charge >= 0.3 is 0 Å². The molecule has 3 aliphatic rings. The van der Waals surface area contributed by atoms with E-state index in [1.165, 1.54) is 18.9 Å². The van der Waals surface area contributed by atoms with Gasteiger partial charge in [-0.2, -0.15) is 0 Å². The molecule has 0 atom stereocenters. The number of amides is 1. The van der Waals surface area contributed by atoms with E-state index in [4.69, 9.17) is 9.47 Å². The number of rotatable bonds is 6. The van der Waals surface area contributed by atoms with Crippen molar-refractivity contribution in [3.63, 3.8) is 0 Å². The van der Waals surface area contributed by atoms with Gasteiger partial charge in [0.1, 0.15) is 11.3 Å². The first-order chi connectivity index (χ1) is 13.7. The number of hydrogen-bond acceptors (Lipinski definition) is 5. The van der Waals surface area contributed by atoms with E-state index in [0.717, 1.165) is 44.8 Å². The fourth-order valence-electron chi connectivity index (χ4n) is 4.09. The predicted octanol–water partition coefficient (Wildman–Crippen LogP) is 1.38. The SMILES string of the molecule is CCCN1CCN(C(=O)c2c(OCC3CC3)cc(=O)n3c2CCOCC3)CC1. The third-order valence-corrected chi connectivity index (χ3v) is 5.91. The van der Waals surface area contributed by atoms with Gasteiger partial charge in [0, 0.05) is 50.9 Å². The van der Waals surface area contributed by atoms with Crippen LogP contribution in [0.25, 0.3) is 0 Å². The number of pyridine rings is 1. The molecule has 1 aromatic heterocycles. The summed E-state index contributed by atoms with van der Waals surface area (Å²) in [7, 11) is 0. The maximum Gasteiger partial charge on any atom is 0.259 e. The molecule has 2 aliphatic heterocycles. The molecule has 0 N–H and O–H groups in total. The van der Waals surface area contributed by atoms with Crippen LogP contribution in [0.5, 0.6) is 5.75 Å². The van der Waals surface area contributed by atoms with Crippen LogP contribution in [-0.4, -0.2) is 72.8 Å². The molecule has 1 saturated heterocycles. The summed E-state index contributed by atoms with van der Waals surface area (Å²) in [5.74, 6) is 1.02. The quantitative estimate of drug-likeness (QED) is 0.736. The molecule has 4 rings (SSSR count). The van der Waals surface area contributed by atoms with Gasteiger partial charge in [0.25, 0.3) is 11.5 Å². The van der Waals surface area contributed by atoms with Crippen LogP contribution in [0.15, 0.2) is 10.9 Å². The number of fused-ring (bicyclic) bond motifs is 1. The van der Waals surface area contributed by atoms with Crippen molar-refractivity contribution in [2.75, 3.05) is 52.5 Å². The first-order valence-electron chi connectivity index (χ1n) is 10.7. The highest BCUT2D eigenvalue weighted by molar-refractivity contribution is 5.98. The topological polar surface area (TPSA) is 64.0 Å². The molecule has 1 amide bonds. The molecule has 7 heteroatoms. The van der Waals surface area contributed by atoms with Crippen molar-refractivity contribution >= 4 is 5.91 Å². The second-order valence-corrected chi connectivity index (χ2v) is 8.07. The van der Waals surface area contributed by atoms with Crippen molar-refractivity contribution in [2.45, 2.75) is 39.2 Å². The maximum absolute atomic E-state index is 13.5. The third kappa shape index (κ3) is 4.25. The highest BCUT2D eigenvalue weighted by Crippen LogP contribution is 2.31. The molecule has 0 unspecified atom stereocenters. The molecular weight excluding hydrogens is 358 g/mol. The number of nitrogens with zero attached hydrogens (tertiary/aromatic N) is 3. The summed E-state index contributed by atoms with van der Waals surface area (Å²) in [5.41, 5.74) is 1.25. The van der Waals surface area contributed by atoms with E-state index in [-0.39, 0.29) is 11.5 Å². The highest BCUT2D eigenvalue weighted by Gasteiger charge is 2.30. The zero-order chi connectivity index (χ0) is 19.5. The number of hydrogen-bond donors (Lipinski definition) is 0. The van der Waals surface area contributed by atoms with E-state index in [1.807, 2.05) is 4.90 Å². The minimum atomic E-state index is -0.101. The van der Waals surface area contributed by atoms with Crippen molar-refractivity contribution in [3.8, 4) is 5.75 Å². The molecule has 0 bridgehead atoms. The summed E-state index contributed by atoms with van der Waals surface area (Å²) in [4.78, 5) is 30.5. The molecule has 28 heavy (non-hydrogen) atoms. The lowest BCUT2D eigenvalue weighted by Gasteiger charge is -2.35. The van der Waals surface area contributed by atoms with Crippen LogP contribution in [0.1, 0.15) is 42.2 Å². The largest absolute Gasteiger partial charge is 0.492 e. The van der Waals surface area contributed by atoms with Crippen LogP contribution < -0.4 is 10.3 Å². The molecule has 1 saturated carbocycles. The molecule has 1 aliphatic carbocycles. The van der Waals surface area contributed by atoms with E-state index >= 15 is 0 Å². The molecule has 7 nitrogen and oxygen atoms in total. The molecule has 0 radical (unpaired) electrons. The number of piperazine rings is 1. The summed E-state index contributed by atoms with van der Waals surface area (Å²) < 4.78 is 13.3. The van der Waals surface area contributed by atoms with Crippen molar-refractivity contribution in [2.24, 2.45) is 5.92 Å². The fraction of sp³-hybridized carbons (Fsp3) is 0.714. The van der Waals surface area contributed by atoms with Gasteiger partial charge in [-0.05, 0) is 31.7 Å². The van der Waals surface area contributed by atoms with Gasteiger partial charge in [0.05, 0.1) is 19.8 Å². The Kier molecular flexibility index (Phi) is 6.01. The molecule has 0 aromatic carbocycles. The Bertz CT molecular complexity index is 764. The number of ether oxygens (including phenoxy) is 2. The Morgan fingerprint density at radius 1 is 1.18 bits per heavy atom. The van der Waals surface area contributed by atoms with Crippen LogP contribution in [0.4, 0.5) is 0 Å². The predicted molar refractivity (Wildman–Crippen MR) is 106 cm³/mol. The van der Waals surface area contributed by atoms with Crippen LogP contribution in [0.2, 0.25) is 0 Å². The van der Waals surface area contributed by atoms with E-state index in [1.54, 1.807) is 4.57 Å². The summed E-state index contributed by atoms with van der Waals surface area (Å²) >= 11 is 0. The van der Waals surface area contributed by atoms with Gasteiger partial charge in [-0.1, -0.05) is 6.92 Å². The zero-order valence-corrected chi connectivity index (χ0v) is 16.8. The first kappa shape index (κ1) is 19.5. The Balaban J connectivity index is 1.63. The van der Waals surface area contributed by atoms with Gasteiger partial charge in [-0.15, -0.1) is 0 Å². The summed E-state index contributed by atoms with van der Waals surface area (Å²) in [6.07, 6.45) is 4.02. The standard InChI is InChI=1S/C21H31N3O4/c1-2-6-22-7-9-23(10-8-22)21(26)20-17-5-12-27-13-11-24(17)19(25)14-18(20)28-15-16-3-4-16/h14,16H,2-13,15H2,1H3. The van der Waals surface area contributed by atoms with Crippen LogP contribution >= 0.6 is 0 Å². The minimum Gasteiger partial charge on any atom is -0.492 e. The van der Waals surface area contributed by atoms with Gasteiger partial charge in [-0.25, -0.2) is 0 Å². The number of carbonyl (C=O) groups excluding carboxylic acids is 1. The smallest absolute Gasteiger partial charge is 0.259 e. The Morgan fingerprint density at radius 2 is 1.96 bits per heavy atom. The van der Waals surface area contributed by atoms with Gasteiger partial charge < -0.3 is 18.9 Å². The van der Waals surface area contributed by atoms with Gasteiger partial charge in [-0.3, -0.25) is 14.5 Å². The van der Waals surface area contributed by atoms with E-state index in [9.17, 15) is 9.59 Å². The average molecular weight is 389 g/mol. The lowest BCUT2D eigenvalue weighted by molar-refractivity contribution is 0.0630. The summed E-state index contributed by atoms with van der Waals surface area (Å²) in [5, 5.41) is 0. The molecule has 2 fully saturated rings. The second-order valence-electron chi connectivity index (χ2n) is 8.07.